The quantitative estimate of drug-likeness (QED) is 0.324. The summed E-state index contributed by atoms with van der Waals surface area (Å²) in [5.41, 5.74) is 4.90. The number of sulfone groups is 1. The number of hydrogen-bond donors (Lipinski definition) is 0. The van der Waals surface area contributed by atoms with E-state index in [4.69, 9.17) is 0 Å². The molecule has 2 aromatic carbocycles. The van der Waals surface area contributed by atoms with Gasteiger partial charge in [0.15, 0.2) is 0 Å². The van der Waals surface area contributed by atoms with Crippen LogP contribution >= 0.6 is 0 Å². The number of aromatic nitrogens is 1. The fraction of sp³-hybridized carbons (Fsp3) is 0.514. The van der Waals surface area contributed by atoms with Crippen molar-refractivity contribution < 1.29 is 8.42 Å². The van der Waals surface area contributed by atoms with Gasteiger partial charge >= 0.3 is 0 Å². The van der Waals surface area contributed by atoms with Gasteiger partial charge in [-0.15, -0.1) is 0 Å². The molecule has 1 saturated carbocycles. The van der Waals surface area contributed by atoms with Gasteiger partial charge in [0.2, 0.25) is 9.84 Å². The molecule has 0 N–H and O–H groups in total. The van der Waals surface area contributed by atoms with E-state index >= 15 is 0 Å². The van der Waals surface area contributed by atoms with Gasteiger partial charge in [-0.3, -0.25) is 4.98 Å². The Morgan fingerprint density at radius 3 is 2.17 bits per heavy atom. The van der Waals surface area contributed by atoms with E-state index in [1.807, 2.05) is 12.1 Å². The molecule has 2 aliphatic heterocycles. The second-order valence-electron chi connectivity index (χ2n) is 13.1. The molecule has 4 aliphatic rings. The van der Waals surface area contributed by atoms with E-state index in [1.54, 1.807) is 35.4 Å². The zero-order chi connectivity index (χ0) is 27.9. The summed E-state index contributed by atoms with van der Waals surface area (Å²) in [7, 11) is -3.50. The molecular weight excluding hydrogens is 526 g/mol. The Hall–Kier alpha value is -2.70. The SMILES string of the molecule is O=S(=O)(c1ccncc1)c1ccc(N2CC(CN3CCC(C4(C5CCCC5)CCCc5ccccc54)CC3)C2)cc1. The van der Waals surface area contributed by atoms with Crippen molar-refractivity contribution in [3.8, 4) is 0 Å². The monoisotopic (exact) mass is 569 g/mol. The Labute approximate surface area is 245 Å². The van der Waals surface area contributed by atoms with Crippen molar-refractivity contribution in [1.29, 1.82) is 0 Å². The second-order valence-corrected chi connectivity index (χ2v) is 15.0. The largest absolute Gasteiger partial charge is 0.371 e. The van der Waals surface area contributed by atoms with Gasteiger partial charge < -0.3 is 9.80 Å². The summed E-state index contributed by atoms with van der Waals surface area (Å²) in [6.07, 6.45) is 15.5. The number of anilines is 1. The molecule has 5 nitrogen and oxygen atoms in total. The number of fused-ring (bicyclic) bond motifs is 1. The lowest BCUT2D eigenvalue weighted by molar-refractivity contribution is 0.0648. The van der Waals surface area contributed by atoms with E-state index < -0.39 is 9.84 Å². The first-order valence-electron chi connectivity index (χ1n) is 15.8. The van der Waals surface area contributed by atoms with Crippen LogP contribution in [0.3, 0.4) is 0 Å². The van der Waals surface area contributed by atoms with E-state index in [2.05, 4.69) is 39.0 Å². The van der Waals surface area contributed by atoms with Crippen LogP contribution in [0.15, 0.2) is 82.8 Å². The van der Waals surface area contributed by atoms with Gasteiger partial charge in [-0.05, 0) is 117 Å². The third-order valence-corrected chi connectivity index (χ3v) is 12.7. The van der Waals surface area contributed by atoms with E-state index in [-0.39, 0.29) is 4.90 Å². The number of piperidine rings is 1. The maximum absolute atomic E-state index is 12.9. The van der Waals surface area contributed by atoms with Gasteiger partial charge in [-0.2, -0.15) is 0 Å². The molecule has 7 rings (SSSR count). The fourth-order valence-electron chi connectivity index (χ4n) is 8.90. The third-order valence-electron chi connectivity index (χ3n) is 10.9. The predicted molar refractivity (Wildman–Crippen MR) is 164 cm³/mol. The molecule has 0 spiro atoms. The van der Waals surface area contributed by atoms with Crippen LogP contribution in [-0.4, -0.2) is 51.0 Å². The Bertz CT molecular complexity index is 1440. The Morgan fingerprint density at radius 2 is 1.44 bits per heavy atom. The predicted octanol–water partition coefficient (Wildman–Crippen LogP) is 6.53. The van der Waals surface area contributed by atoms with Gasteiger partial charge in [0.25, 0.3) is 0 Å². The summed E-state index contributed by atoms with van der Waals surface area (Å²) in [4.78, 5) is 9.68. The van der Waals surface area contributed by atoms with E-state index in [0.29, 0.717) is 16.2 Å². The minimum absolute atomic E-state index is 0.287. The van der Waals surface area contributed by atoms with Crippen LogP contribution in [0.2, 0.25) is 0 Å². The molecule has 6 heteroatoms. The molecule has 3 fully saturated rings. The van der Waals surface area contributed by atoms with Crippen LogP contribution in [0.4, 0.5) is 5.69 Å². The first-order chi connectivity index (χ1) is 20.0. The summed E-state index contributed by atoms with van der Waals surface area (Å²) >= 11 is 0. The Balaban J connectivity index is 0.954. The summed E-state index contributed by atoms with van der Waals surface area (Å²) in [5.74, 6) is 2.39. The van der Waals surface area contributed by atoms with Crippen molar-refractivity contribution in [3.05, 3.63) is 84.2 Å². The van der Waals surface area contributed by atoms with Crippen molar-refractivity contribution in [1.82, 2.24) is 9.88 Å². The molecule has 1 aromatic heterocycles. The molecular formula is C35H43N3O2S. The second kappa shape index (κ2) is 11.2. The highest BCUT2D eigenvalue weighted by molar-refractivity contribution is 7.91. The van der Waals surface area contributed by atoms with Gasteiger partial charge in [0.05, 0.1) is 9.79 Å². The zero-order valence-corrected chi connectivity index (χ0v) is 24.9. The van der Waals surface area contributed by atoms with E-state index in [1.165, 1.54) is 89.8 Å². The fourth-order valence-corrected chi connectivity index (χ4v) is 10.1. The van der Waals surface area contributed by atoms with Crippen molar-refractivity contribution in [2.75, 3.05) is 37.6 Å². The minimum Gasteiger partial charge on any atom is -0.371 e. The smallest absolute Gasteiger partial charge is 0.206 e. The summed E-state index contributed by atoms with van der Waals surface area (Å²) in [5, 5.41) is 0. The highest BCUT2D eigenvalue weighted by atomic mass is 32.2. The van der Waals surface area contributed by atoms with E-state index in [0.717, 1.165) is 30.6 Å². The lowest BCUT2D eigenvalue weighted by Gasteiger charge is -2.52. The van der Waals surface area contributed by atoms with Crippen LogP contribution in [-0.2, 0) is 21.7 Å². The average molecular weight is 570 g/mol. The lowest BCUT2D eigenvalue weighted by atomic mass is 9.54. The van der Waals surface area contributed by atoms with Gasteiger partial charge in [0.1, 0.15) is 0 Å². The molecule has 1 unspecified atom stereocenters. The number of rotatable bonds is 7. The molecule has 2 saturated heterocycles. The number of benzene rings is 2. The van der Waals surface area contributed by atoms with Crippen LogP contribution in [0.5, 0.6) is 0 Å². The molecule has 41 heavy (non-hydrogen) atoms. The first-order valence-corrected chi connectivity index (χ1v) is 17.3. The highest BCUT2D eigenvalue weighted by Gasteiger charge is 2.49. The summed E-state index contributed by atoms with van der Waals surface area (Å²) < 4.78 is 25.8. The van der Waals surface area contributed by atoms with Crippen LogP contribution in [0.25, 0.3) is 0 Å². The third kappa shape index (κ3) is 5.01. The molecule has 1 atom stereocenters. The summed E-state index contributed by atoms with van der Waals surface area (Å²) in [6, 6.07) is 20.0. The van der Waals surface area contributed by atoms with Crippen molar-refractivity contribution in [2.45, 2.75) is 73.0 Å². The van der Waals surface area contributed by atoms with E-state index in [9.17, 15) is 8.42 Å². The number of nitrogens with zero attached hydrogens (tertiary/aromatic N) is 3. The van der Waals surface area contributed by atoms with Gasteiger partial charge in [-0.1, -0.05) is 37.1 Å². The zero-order valence-electron chi connectivity index (χ0n) is 24.1. The van der Waals surface area contributed by atoms with Crippen molar-refractivity contribution >= 4 is 15.5 Å². The molecule has 0 radical (unpaired) electrons. The molecule has 3 heterocycles. The molecule has 216 valence electrons. The normalized spacial score (nSPS) is 24.7. The minimum atomic E-state index is -3.50. The maximum atomic E-state index is 12.9. The van der Waals surface area contributed by atoms with Crippen LogP contribution in [0, 0.1) is 17.8 Å². The number of likely N-dealkylation sites (tertiary alicyclic amines) is 1. The van der Waals surface area contributed by atoms with Crippen molar-refractivity contribution in [2.24, 2.45) is 17.8 Å². The highest BCUT2D eigenvalue weighted by Crippen LogP contribution is 2.55. The van der Waals surface area contributed by atoms with Gasteiger partial charge in [-0.25, -0.2) is 8.42 Å². The number of aryl methyl sites for hydroxylation is 1. The Kier molecular flexibility index (Phi) is 7.40. The topological polar surface area (TPSA) is 53.5 Å². The molecule has 3 aromatic rings. The first kappa shape index (κ1) is 27.2. The average Bonchev–Trinajstić information content (AvgIpc) is 3.55. The number of hydrogen-bond acceptors (Lipinski definition) is 5. The molecule has 0 bridgehead atoms. The Morgan fingerprint density at radius 1 is 0.780 bits per heavy atom. The standard InChI is InChI=1S/C35H43N3O2S/c39-41(40,33-15-20-36-21-16-33)32-13-11-31(12-14-32)38-25-27(26-38)24-37-22-17-30(18-23-37)35(29-8-2-3-9-29)19-5-7-28-6-1-4-10-34(28)35/h1,4,6,10-16,20-21,27,29-30H,2-3,5,7-9,17-19,22-26H2. The summed E-state index contributed by atoms with van der Waals surface area (Å²) in [6.45, 7) is 5.76. The maximum Gasteiger partial charge on any atom is 0.206 e. The molecule has 2 aliphatic carbocycles. The van der Waals surface area contributed by atoms with Crippen LogP contribution in [0.1, 0.15) is 62.5 Å². The van der Waals surface area contributed by atoms with Crippen molar-refractivity contribution in [3.63, 3.8) is 0 Å². The van der Waals surface area contributed by atoms with Crippen LogP contribution < -0.4 is 4.90 Å². The number of pyridine rings is 1. The van der Waals surface area contributed by atoms with Gasteiger partial charge in [0, 0.05) is 49.0 Å². The molecule has 0 amide bonds. The lowest BCUT2D eigenvalue weighted by Crippen LogP contribution is -2.54.